The molecule has 1 fully saturated rings. The first-order valence-electron chi connectivity index (χ1n) is 10.9. The number of carboxylic acids is 1. The first-order valence-corrected chi connectivity index (χ1v) is 10.9. The van der Waals surface area contributed by atoms with E-state index in [1.54, 1.807) is 18.2 Å². The van der Waals surface area contributed by atoms with Crippen molar-refractivity contribution in [3.05, 3.63) is 48.2 Å². The summed E-state index contributed by atoms with van der Waals surface area (Å²) in [7, 11) is 2.98. The van der Waals surface area contributed by atoms with Crippen LogP contribution in [0.1, 0.15) is 23.2 Å². The Morgan fingerprint density at radius 3 is 2.49 bits per heavy atom. The Hall–Kier alpha value is -4.35. The number of carboxylic acid groups (broad SMARTS) is 1. The van der Waals surface area contributed by atoms with Crippen molar-refractivity contribution < 1.29 is 23.8 Å². The van der Waals surface area contributed by atoms with E-state index in [1.165, 1.54) is 20.4 Å². The van der Waals surface area contributed by atoms with E-state index in [9.17, 15) is 19.1 Å². The van der Waals surface area contributed by atoms with Gasteiger partial charge in [-0.1, -0.05) is 6.07 Å². The summed E-state index contributed by atoms with van der Waals surface area (Å²) in [5.41, 5.74) is 1.21. The van der Waals surface area contributed by atoms with Crippen molar-refractivity contribution in [1.82, 2.24) is 25.3 Å². The number of piperidine rings is 1. The smallest absolute Gasteiger partial charge is 0.306 e. The van der Waals surface area contributed by atoms with Crippen molar-refractivity contribution in [1.29, 1.82) is 0 Å². The minimum Gasteiger partial charge on any atom is -0.494 e. The zero-order chi connectivity index (χ0) is 24.9. The maximum absolute atomic E-state index is 13.3. The van der Waals surface area contributed by atoms with Crippen LogP contribution in [0.4, 0.5) is 21.8 Å². The number of anilines is 3. The number of aliphatic carboxylic acids is 1. The minimum absolute atomic E-state index is 0.210. The first-order chi connectivity index (χ1) is 16.9. The summed E-state index contributed by atoms with van der Waals surface area (Å²) < 4.78 is 18.9. The monoisotopic (exact) mass is 481 g/mol. The number of amides is 1. The van der Waals surface area contributed by atoms with Crippen LogP contribution in [-0.2, 0) is 4.79 Å². The Morgan fingerprint density at radius 1 is 1.14 bits per heavy atom. The van der Waals surface area contributed by atoms with Gasteiger partial charge in [-0.05, 0) is 25.0 Å². The van der Waals surface area contributed by atoms with Gasteiger partial charge in [-0.3, -0.25) is 9.59 Å². The van der Waals surface area contributed by atoms with E-state index in [1.807, 2.05) is 4.90 Å². The highest BCUT2D eigenvalue weighted by Crippen LogP contribution is 2.37. The third-order valence-corrected chi connectivity index (χ3v) is 5.71. The van der Waals surface area contributed by atoms with Crippen LogP contribution in [0.15, 0.2) is 36.8 Å². The Kier molecular flexibility index (Phi) is 6.99. The molecule has 0 radical (unpaired) electrons. The van der Waals surface area contributed by atoms with Crippen molar-refractivity contribution in [2.45, 2.75) is 12.8 Å². The zero-order valence-corrected chi connectivity index (χ0v) is 19.2. The number of para-hydroxylation sites is 1. The lowest BCUT2D eigenvalue weighted by molar-refractivity contribution is -0.142. The van der Waals surface area contributed by atoms with Gasteiger partial charge >= 0.3 is 5.97 Å². The number of nitrogens with one attached hydrogen (secondary N) is 2. The molecule has 0 bridgehead atoms. The van der Waals surface area contributed by atoms with Crippen molar-refractivity contribution in [2.24, 2.45) is 5.92 Å². The quantitative estimate of drug-likeness (QED) is 0.461. The fourth-order valence-electron chi connectivity index (χ4n) is 3.86. The largest absolute Gasteiger partial charge is 0.494 e. The number of aromatic nitrogens is 4. The second kappa shape index (κ2) is 10.3. The summed E-state index contributed by atoms with van der Waals surface area (Å²) in [6.07, 6.45) is 4.51. The highest BCUT2D eigenvalue weighted by molar-refractivity contribution is 5.99. The van der Waals surface area contributed by atoms with Crippen LogP contribution >= 0.6 is 0 Å². The lowest BCUT2D eigenvalue weighted by Gasteiger charge is -2.30. The molecule has 3 heterocycles. The van der Waals surface area contributed by atoms with Crippen LogP contribution in [-0.4, -0.2) is 64.2 Å². The first kappa shape index (κ1) is 23.8. The molecule has 2 aromatic heterocycles. The molecule has 1 aliphatic heterocycles. The van der Waals surface area contributed by atoms with E-state index in [0.29, 0.717) is 48.9 Å². The van der Waals surface area contributed by atoms with Crippen molar-refractivity contribution >= 4 is 29.3 Å². The van der Waals surface area contributed by atoms with E-state index in [4.69, 9.17) is 4.74 Å². The molecule has 12 heteroatoms. The predicted molar refractivity (Wildman–Crippen MR) is 125 cm³/mol. The highest BCUT2D eigenvalue weighted by Gasteiger charge is 2.27. The summed E-state index contributed by atoms with van der Waals surface area (Å²) in [6, 6.07) is 5.21. The van der Waals surface area contributed by atoms with E-state index in [-0.39, 0.29) is 23.1 Å². The van der Waals surface area contributed by atoms with Crippen LogP contribution in [0.3, 0.4) is 0 Å². The van der Waals surface area contributed by atoms with Gasteiger partial charge in [0.15, 0.2) is 17.4 Å². The van der Waals surface area contributed by atoms with Gasteiger partial charge < -0.3 is 25.4 Å². The molecule has 0 saturated carbocycles. The van der Waals surface area contributed by atoms with Gasteiger partial charge in [0.05, 0.1) is 36.7 Å². The minimum atomic E-state index is -0.806. The maximum atomic E-state index is 13.3. The van der Waals surface area contributed by atoms with Crippen LogP contribution in [0.25, 0.3) is 11.4 Å². The molecule has 3 N–H and O–H groups in total. The van der Waals surface area contributed by atoms with Crippen molar-refractivity contribution in [3.63, 3.8) is 0 Å². The second-order valence-electron chi connectivity index (χ2n) is 7.85. The van der Waals surface area contributed by atoms with E-state index in [2.05, 4.69) is 30.6 Å². The molecule has 1 saturated heterocycles. The molecule has 11 nitrogen and oxygen atoms in total. The molecule has 182 valence electrons. The summed E-state index contributed by atoms with van der Waals surface area (Å²) in [6.45, 7) is 0.965. The number of hydrogen-bond acceptors (Lipinski definition) is 9. The van der Waals surface area contributed by atoms with Gasteiger partial charge in [-0.2, -0.15) is 4.98 Å². The Bertz CT molecular complexity index is 1230. The molecule has 0 atom stereocenters. The number of rotatable bonds is 7. The number of hydrogen-bond donors (Lipinski definition) is 3. The molecular weight excluding hydrogens is 457 g/mol. The molecule has 1 aliphatic rings. The van der Waals surface area contributed by atoms with Gasteiger partial charge in [-0.15, -0.1) is 0 Å². The number of carbonyl (C=O) groups is 2. The molecule has 1 aromatic carbocycles. The van der Waals surface area contributed by atoms with Crippen LogP contribution in [0.5, 0.6) is 5.75 Å². The molecule has 4 rings (SSSR count). The molecule has 3 aromatic rings. The number of nitrogens with zero attached hydrogens (tertiary/aromatic N) is 5. The summed E-state index contributed by atoms with van der Waals surface area (Å²) in [5.74, 6) is -0.882. The van der Waals surface area contributed by atoms with Gasteiger partial charge in [0, 0.05) is 26.3 Å². The lowest BCUT2D eigenvalue weighted by Crippen LogP contribution is -2.37. The lowest BCUT2D eigenvalue weighted by atomic mass is 9.97. The fraction of sp³-hybridized carbons (Fsp3) is 0.304. The Balaban J connectivity index is 1.69. The third kappa shape index (κ3) is 5.10. The van der Waals surface area contributed by atoms with Gasteiger partial charge in [0.25, 0.3) is 5.91 Å². The average molecular weight is 481 g/mol. The third-order valence-electron chi connectivity index (χ3n) is 5.71. The normalized spacial score (nSPS) is 13.9. The molecular formula is C23H24FN7O4. The van der Waals surface area contributed by atoms with Gasteiger partial charge in [0.2, 0.25) is 5.95 Å². The molecule has 1 amide bonds. The predicted octanol–water partition coefficient (Wildman–Crippen LogP) is 2.49. The summed E-state index contributed by atoms with van der Waals surface area (Å²) in [4.78, 5) is 42.6. The molecule has 0 aliphatic carbocycles. The number of carbonyl (C=O) groups excluding carboxylic acids is 1. The average Bonchev–Trinajstić information content (AvgIpc) is 2.88. The standard InChI is InChI=1S/C23H24FN7O4/c1-25-21(32)16-12-28-23(31-8-6-13(7-9-31)22(33)34)30-20(16)29-17-5-3-4-15(18(17)35-2)19-26-10-14(24)11-27-19/h3-5,10-13H,6-9H2,1-2H3,(H,25,32)(H,33,34)(H,28,29,30). The van der Waals surface area contributed by atoms with Crippen molar-refractivity contribution in [2.75, 3.05) is 37.5 Å². The van der Waals surface area contributed by atoms with E-state index >= 15 is 0 Å². The summed E-state index contributed by atoms with van der Waals surface area (Å²) in [5, 5.41) is 15.0. The van der Waals surface area contributed by atoms with Crippen LogP contribution in [0.2, 0.25) is 0 Å². The van der Waals surface area contributed by atoms with Crippen LogP contribution < -0.4 is 20.3 Å². The SMILES string of the molecule is CNC(=O)c1cnc(N2CCC(C(=O)O)CC2)nc1Nc1cccc(-c2ncc(F)cn2)c1OC. The number of halogens is 1. The number of benzene rings is 1. The molecule has 0 unspecified atom stereocenters. The maximum Gasteiger partial charge on any atom is 0.306 e. The number of methoxy groups -OCH3 is 1. The van der Waals surface area contributed by atoms with E-state index < -0.39 is 17.7 Å². The van der Waals surface area contributed by atoms with Gasteiger partial charge in [0.1, 0.15) is 11.4 Å². The Morgan fingerprint density at radius 2 is 1.86 bits per heavy atom. The molecule has 0 spiro atoms. The second-order valence-corrected chi connectivity index (χ2v) is 7.85. The highest BCUT2D eigenvalue weighted by atomic mass is 19.1. The summed E-state index contributed by atoms with van der Waals surface area (Å²) >= 11 is 0. The zero-order valence-electron chi connectivity index (χ0n) is 19.2. The molecule has 35 heavy (non-hydrogen) atoms. The topological polar surface area (TPSA) is 142 Å². The van der Waals surface area contributed by atoms with Gasteiger partial charge in [-0.25, -0.2) is 19.3 Å². The van der Waals surface area contributed by atoms with Crippen molar-refractivity contribution in [3.8, 4) is 17.1 Å². The Labute approximate surface area is 200 Å². The fourth-order valence-corrected chi connectivity index (χ4v) is 3.86. The van der Waals surface area contributed by atoms with Crippen LogP contribution in [0, 0.1) is 11.7 Å². The number of ether oxygens (including phenoxy) is 1. The van der Waals surface area contributed by atoms with E-state index in [0.717, 1.165) is 12.4 Å².